The maximum atomic E-state index is 12.0. The topological polar surface area (TPSA) is 88.5 Å². The molecule has 0 bridgehead atoms. The number of aromatic nitrogens is 5. The monoisotopic (exact) mass is 260 g/mol. The molecule has 0 saturated heterocycles. The molecule has 2 heterocycles. The van der Waals surface area contributed by atoms with Gasteiger partial charge in [-0.05, 0) is 25.8 Å². The summed E-state index contributed by atoms with van der Waals surface area (Å²) >= 11 is 0. The maximum Gasteiger partial charge on any atom is 0.272 e. The summed E-state index contributed by atoms with van der Waals surface area (Å²) in [4.78, 5) is 15.9. The van der Waals surface area contributed by atoms with Crippen molar-refractivity contribution in [3.8, 4) is 0 Å². The van der Waals surface area contributed by atoms with Crippen molar-refractivity contribution in [1.82, 2.24) is 30.3 Å². The van der Waals surface area contributed by atoms with Gasteiger partial charge in [-0.3, -0.25) is 14.6 Å². The van der Waals surface area contributed by atoms with E-state index in [1.54, 1.807) is 11.0 Å². The Morgan fingerprint density at radius 1 is 1.63 bits per heavy atom. The third-order valence-corrected chi connectivity index (χ3v) is 3.15. The lowest BCUT2D eigenvalue weighted by Gasteiger charge is -2.12. The van der Waals surface area contributed by atoms with Crippen molar-refractivity contribution in [3.63, 3.8) is 0 Å². The van der Waals surface area contributed by atoms with Gasteiger partial charge in [-0.1, -0.05) is 0 Å². The molecule has 100 valence electrons. The minimum Gasteiger partial charge on any atom is -0.346 e. The molecule has 1 aliphatic carbocycles. The van der Waals surface area contributed by atoms with Gasteiger partial charge in [0.2, 0.25) is 0 Å². The highest BCUT2D eigenvalue weighted by Crippen LogP contribution is 2.38. The van der Waals surface area contributed by atoms with Crippen LogP contribution in [0.15, 0.2) is 18.7 Å². The van der Waals surface area contributed by atoms with Crippen LogP contribution in [0.5, 0.6) is 0 Å². The van der Waals surface area contributed by atoms with Crippen LogP contribution in [0.3, 0.4) is 0 Å². The quantitative estimate of drug-likeness (QED) is 0.828. The third kappa shape index (κ3) is 2.81. The predicted octanol–water partition coefficient (Wildman–Crippen LogP) is 0.697. The van der Waals surface area contributed by atoms with Gasteiger partial charge in [-0.15, -0.1) is 0 Å². The molecule has 7 nitrogen and oxygen atoms in total. The van der Waals surface area contributed by atoms with Crippen LogP contribution in [0.1, 0.15) is 41.9 Å². The van der Waals surface area contributed by atoms with Crippen molar-refractivity contribution in [2.24, 2.45) is 0 Å². The number of aromatic amines is 1. The zero-order valence-corrected chi connectivity index (χ0v) is 10.7. The van der Waals surface area contributed by atoms with Gasteiger partial charge in [0.05, 0.1) is 6.54 Å². The Labute approximate surface area is 110 Å². The number of hydrogen-bond acceptors (Lipinski definition) is 4. The average Bonchev–Trinajstić information content (AvgIpc) is 2.91. The summed E-state index contributed by atoms with van der Waals surface area (Å²) in [5, 5.41) is 13.9. The fourth-order valence-electron chi connectivity index (χ4n) is 2.01. The molecule has 7 heteroatoms. The minimum absolute atomic E-state index is 0.0322. The number of hydrogen-bond donors (Lipinski definition) is 2. The molecule has 0 aliphatic heterocycles. The first-order chi connectivity index (χ1) is 9.22. The zero-order chi connectivity index (χ0) is 13.2. The molecule has 1 aliphatic rings. The van der Waals surface area contributed by atoms with E-state index in [9.17, 15) is 4.79 Å². The molecule has 0 aromatic carbocycles. The molecule has 2 N–H and O–H groups in total. The van der Waals surface area contributed by atoms with Crippen LogP contribution in [0, 0.1) is 0 Å². The zero-order valence-electron chi connectivity index (χ0n) is 10.7. The van der Waals surface area contributed by atoms with E-state index in [0.717, 1.165) is 5.69 Å². The number of rotatable bonds is 5. The standard InChI is InChI=1S/C12H16N6O/c1-8(5-18-7-13-6-14-18)15-12(19)11-4-10(16-17-11)9-2-3-9/h4,6-9H,2-3,5H2,1H3,(H,15,19)(H,16,17)/t8-/m0/s1. The second-order valence-electron chi connectivity index (χ2n) is 4.97. The van der Waals surface area contributed by atoms with Gasteiger partial charge in [-0.2, -0.15) is 10.2 Å². The van der Waals surface area contributed by atoms with Crippen molar-refractivity contribution >= 4 is 5.91 Å². The smallest absolute Gasteiger partial charge is 0.272 e. The molecule has 0 spiro atoms. The number of carbonyl (C=O) groups excluding carboxylic acids is 1. The lowest BCUT2D eigenvalue weighted by atomic mass is 10.2. The molecular weight excluding hydrogens is 244 g/mol. The Morgan fingerprint density at radius 3 is 3.16 bits per heavy atom. The second kappa shape index (κ2) is 4.83. The summed E-state index contributed by atoms with van der Waals surface area (Å²) < 4.78 is 1.69. The average molecular weight is 260 g/mol. The lowest BCUT2D eigenvalue weighted by Crippen LogP contribution is -2.36. The molecule has 3 rings (SSSR count). The van der Waals surface area contributed by atoms with Gasteiger partial charge in [0.15, 0.2) is 0 Å². The molecule has 0 radical (unpaired) electrons. The summed E-state index contributed by atoms with van der Waals surface area (Å²) in [5.74, 6) is 0.414. The van der Waals surface area contributed by atoms with E-state index < -0.39 is 0 Å². The van der Waals surface area contributed by atoms with Crippen molar-refractivity contribution in [2.75, 3.05) is 0 Å². The SMILES string of the molecule is C[C@@H](Cn1cncn1)NC(=O)c1cc(C2CC2)[nH]n1. The number of H-pyrrole nitrogens is 1. The van der Waals surface area contributed by atoms with E-state index in [1.807, 2.05) is 13.0 Å². The van der Waals surface area contributed by atoms with Crippen molar-refractivity contribution in [3.05, 3.63) is 30.1 Å². The van der Waals surface area contributed by atoms with Gasteiger partial charge >= 0.3 is 0 Å². The number of amides is 1. The fraction of sp³-hybridized carbons (Fsp3) is 0.500. The predicted molar refractivity (Wildman–Crippen MR) is 67.5 cm³/mol. The number of nitrogens with one attached hydrogen (secondary N) is 2. The Morgan fingerprint density at radius 2 is 2.47 bits per heavy atom. The van der Waals surface area contributed by atoms with Crippen LogP contribution in [0.25, 0.3) is 0 Å². The summed E-state index contributed by atoms with van der Waals surface area (Å²) in [6.07, 6.45) is 5.48. The first-order valence-corrected chi connectivity index (χ1v) is 6.41. The first-order valence-electron chi connectivity index (χ1n) is 6.41. The largest absolute Gasteiger partial charge is 0.346 e. The van der Waals surface area contributed by atoms with Gasteiger partial charge in [0.25, 0.3) is 5.91 Å². The van der Waals surface area contributed by atoms with Crippen molar-refractivity contribution < 1.29 is 4.79 Å². The van der Waals surface area contributed by atoms with Crippen molar-refractivity contribution in [1.29, 1.82) is 0 Å². The van der Waals surface area contributed by atoms with Crippen molar-refractivity contribution in [2.45, 2.75) is 38.3 Å². The fourth-order valence-corrected chi connectivity index (χ4v) is 2.01. The molecule has 19 heavy (non-hydrogen) atoms. The van der Waals surface area contributed by atoms with E-state index in [0.29, 0.717) is 18.2 Å². The van der Waals surface area contributed by atoms with E-state index in [1.165, 1.54) is 19.2 Å². The maximum absolute atomic E-state index is 12.0. The van der Waals surface area contributed by atoms with Crippen LogP contribution in [-0.4, -0.2) is 36.9 Å². The van der Waals surface area contributed by atoms with E-state index in [2.05, 4.69) is 25.6 Å². The van der Waals surface area contributed by atoms with E-state index in [-0.39, 0.29) is 11.9 Å². The highest BCUT2D eigenvalue weighted by atomic mass is 16.2. The van der Waals surface area contributed by atoms with Crippen LogP contribution in [-0.2, 0) is 6.54 Å². The molecule has 1 fully saturated rings. The van der Waals surface area contributed by atoms with Crippen LogP contribution in [0.2, 0.25) is 0 Å². The van der Waals surface area contributed by atoms with Crippen LogP contribution < -0.4 is 5.32 Å². The number of carbonyl (C=O) groups is 1. The summed E-state index contributed by atoms with van der Waals surface area (Å²) in [5.41, 5.74) is 1.52. The Hall–Kier alpha value is -2.18. The summed E-state index contributed by atoms with van der Waals surface area (Å²) in [6, 6.07) is 1.81. The van der Waals surface area contributed by atoms with Crippen LogP contribution >= 0.6 is 0 Å². The summed E-state index contributed by atoms with van der Waals surface area (Å²) in [6.45, 7) is 2.51. The summed E-state index contributed by atoms with van der Waals surface area (Å²) in [7, 11) is 0. The molecule has 1 amide bonds. The van der Waals surface area contributed by atoms with Gasteiger partial charge in [0, 0.05) is 17.7 Å². The molecule has 1 atom stereocenters. The lowest BCUT2D eigenvalue weighted by molar-refractivity contribution is 0.0931. The van der Waals surface area contributed by atoms with E-state index >= 15 is 0 Å². The van der Waals surface area contributed by atoms with Gasteiger partial charge in [0.1, 0.15) is 18.3 Å². The number of nitrogens with zero attached hydrogens (tertiary/aromatic N) is 4. The Balaban J connectivity index is 1.57. The highest BCUT2D eigenvalue weighted by molar-refractivity contribution is 5.92. The molecule has 1 saturated carbocycles. The Kier molecular flexibility index (Phi) is 3.02. The second-order valence-corrected chi connectivity index (χ2v) is 4.97. The molecule has 2 aromatic rings. The molecule has 2 aromatic heterocycles. The normalized spacial score (nSPS) is 16.3. The highest BCUT2D eigenvalue weighted by Gasteiger charge is 2.26. The molecule has 0 unspecified atom stereocenters. The first kappa shape index (κ1) is 11.9. The van der Waals surface area contributed by atoms with Gasteiger partial charge < -0.3 is 5.32 Å². The van der Waals surface area contributed by atoms with Crippen LogP contribution in [0.4, 0.5) is 0 Å². The molecular formula is C12H16N6O. The van der Waals surface area contributed by atoms with E-state index in [4.69, 9.17) is 0 Å². The van der Waals surface area contributed by atoms with Gasteiger partial charge in [-0.25, -0.2) is 4.98 Å². The Bertz CT molecular complexity index is 557. The minimum atomic E-state index is -0.157. The third-order valence-electron chi connectivity index (χ3n) is 3.15.